The summed E-state index contributed by atoms with van der Waals surface area (Å²) in [5.74, 6) is -0.298. The number of benzene rings is 1. The minimum atomic E-state index is -4.69. The summed E-state index contributed by atoms with van der Waals surface area (Å²) in [6, 6.07) is 5.09. The first-order valence-corrected chi connectivity index (χ1v) is 4.17. The van der Waals surface area contributed by atoms with Crippen molar-refractivity contribution in [2.24, 2.45) is 0 Å². The molecule has 0 amide bonds. The minimum absolute atomic E-state index is 0.124. The van der Waals surface area contributed by atoms with Crippen LogP contribution in [0.4, 0.5) is 23.2 Å². The van der Waals surface area contributed by atoms with E-state index in [0.29, 0.717) is 5.69 Å². The third-order valence-electron chi connectivity index (χ3n) is 1.51. The second-order valence-electron chi connectivity index (χ2n) is 2.69. The topological polar surface area (TPSA) is 21.3 Å². The van der Waals surface area contributed by atoms with Crippen molar-refractivity contribution in [1.82, 2.24) is 0 Å². The standard InChI is InChI=1S/C9H9F4NO/c10-5-6-14-7-1-3-8(4-2-7)15-9(11,12)13/h1-4,14H,5-6H2. The highest BCUT2D eigenvalue weighted by atomic mass is 19.4. The number of alkyl halides is 4. The van der Waals surface area contributed by atoms with Gasteiger partial charge in [-0.15, -0.1) is 13.2 Å². The SMILES string of the molecule is FCCNc1ccc(OC(F)(F)F)cc1. The number of ether oxygens (including phenoxy) is 1. The van der Waals surface area contributed by atoms with Crippen molar-refractivity contribution in [1.29, 1.82) is 0 Å². The van der Waals surface area contributed by atoms with Crippen molar-refractivity contribution in [3.05, 3.63) is 24.3 Å². The van der Waals surface area contributed by atoms with Crippen molar-refractivity contribution in [3.8, 4) is 5.75 Å². The van der Waals surface area contributed by atoms with Crippen LogP contribution in [-0.2, 0) is 0 Å². The van der Waals surface area contributed by atoms with Crippen LogP contribution in [0.15, 0.2) is 24.3 Å². The number of rotatable bonds is 4. The molecule has 0 atom stereocenters. The molecule has 0 bridgehead atoms. The van der Waals surface area contributed by atoms with Crippen LogP contribution in [0, 0.1) is 0 Å². The zero-order chi connectivity index (χ0) is 11.3. The van der Waals surface area contributed by atoms with Gasteiger partial charge in [0.2, 0.25) is 0 Å². The molecule has 0 aliphatic carbocycles. The summed E-state index contributed by atoms with van der Waals surface area (Å²) in [6.07, 6.45) is -4.69. The zero-order valence-electron chi connectivity index (χ0n) is 7.64. The van der Waals surface area contributed by atoms with E-state index in [4.69, 9.17) is 0 Å². The average Bonchev–Trinajstić information content (AvgIpc) is 2.14. The Bertz CT molecular complexity index is 296. The van der Waals surface area contributed by atoms with Gasteiger partial charge in [-0.05, 0) is 24.3 Å². The number of hydrogen-bond donors (Lipinski definition) is 1. The summed E-state index contributed by atoms with van der Waals surface area (Å²) in [7, 11) is 0. The first kappa shape index (κ1) is 11.6. The lowest BCUT2D eigenvalue weighted by atomic mass is 10.3. The summed E-state index contributed by atoms with van der Waals surface area (Å²) in [5, 5.41) is 2.67. The van der Waals surface area contributed by atoms with Crippen LogP contribution in [0.2, 0.25) is 0 Å². The average molecular weight is 223 g/mol. The molecule has 1 aromatic rings. The first-order chi connectivity index (χ1) is 7.01. The molecule has 0 heterocycles. The molecular formula is C9H9F4NO. The molecule has 15 heavy (non-hydrogen) atoms. The van der Waals surface area contributed by atoms with Crippen LogP contribution in [0.5, 0.6) is 5.75 Å². The van der Waals surface area contributed by atoms with E-state index < -0.39 is 13.0 Å². The van der Waals surface area contributed by atoms with Crippen molar-refractivity contribution in [2.45, 2.75) is 6.36 Å². The maximum atomic E-state index is 11.8. The van der Waals surface area contributed by atoms with Gasteiger partial charge in [0, 0.05) is 12.2 Å². The molecule has 1 aromatic carbocycles. The van der Waals surface area contributed by atoms with Gasteiger partial charge in [0.15, 0.2) is 0 Å². The molecule has 0 unspecified atom stereocenters. The molecule has 84 valence electrons. The fourth-order valence-corrected chi connectivity index (χ4v) is 0.966. The normalized spacial score (nSPS) is 11.2. The Labute approximate surface area is 83.9 Å². The third-order valence-corrected chi connectivity index (χ3v) is 1.51. The van der Waals surface area contributed by atoms with E-state index in [1.165, 1.54) is 12.1 Å². The van der Waals surface area contributed by atoms with Gasteiger partial charge in [-0.1, -0.05) is 0 Å². The fourth-order valence-electron chi connectivity index (χ4n) is 0.966. The molecular weight excluding hydrogens is 214 g/mol. The molecule has 0 aromatic heterocycles. The summed E-state index contributed by atoms with van der Waals surface area (Å²) < 4.78 is 50.7. The second-order valence-corrected chi connectivity index (χ2v) is 2.69. The Kier molecular flexibility index (Phi) is 3.76. The van der Waals surface area contributed by atoms with E-state index in [9.17, 15) is 17.6 Å². The van der Waals surface area contributed by atoms with Crippen molar-refractivity contribution in [2.75, 3.05) is 18.5 Å². The van der Waals surface area contributed by atoms with Gasteiger partial charge in [-0.2, -0.15) is 0 Å². The van der Waals surface area contributed by atoms with Crippen LogP contribution in [-0.4, -0.2) is 19.6 Å². The van der Waals surface area contributed by atoms with E-state index in [2.05, 4.69) is 10.1 Å². The maximum absolute atomic E-state index is 11.8. The van der Waals surface area contributed by atoms with Crippen molar-refractivity contribution >= 4 is 5.69 Å². The minimum Gasteiger partial charge on any atom is -0.406 e. The van der Waals surface area contributed by atoms with Crippen LogP contribution >= 0.6 is 0 Å². The fraction of sp³-hybridized carbons (Fsp3) is 0.333. The van der Waals surface area contributed by atoms with Crippen molar-refractivity contribution in [3.63, 3.8) is 0 Å². The van der Waals surface area contributed by atoms with Gasteiger partial charge in [0.05, 0.1) is 0 Å². The first-order valence-electron chi connectivity index (χ1n) is 4.17. The molecule has 0 spiro atoms. The highest BCUT2D eigenvalue weighted by Crippen LogP contribution is 2.23. The Morgan fingerprint density at radius 1 is 1.13 bits per heavy atom. The van der Waals surface area contributed by atoms with Crippen LogP contribution < -0.4 is 10.1 Å². The monoisotopic (exact) mass is 223 g/mol. The van der Waals surface area contributed by atoms with E-state index in [1.54, 1.807) is 0 Å². The van der Waals surface area contributed by atoms with Gasteiger partial charge in [-0.25, -0.2) is 4.39 Å². The Hall–Kier alpha value is -1.46. The molecule has 1 N–H and O–H groups in total. The van der Waals surface area contributed by atoms with Gasteiger partial charge >= 0.3 is 6.36 Å². The highest BCUT2D eigenvalue weighted by molar-refractivity contribution is 5.46. The van der Waals surface area contributed by atoms with Gasteiger partial charge < -0.3 is 10.1 Å². The maximum Gasteiger partial charge on any atom is 0.573 e. The molecule has 0 saturated carbocycles. The number of anilines is 1. The summed E-state index contributed by atoms with van der Waals surface area (Å²) in [5.41, 5.74) is 0.544. The molecule has 2 nitrogen and oxygen atoms in total. The number of hydrogen-bond acceptors (Lipinski definition) is 2. The lowest BCUT2D eigenvalue weighted by molar-refractivity contribution is -0.274. The Balaban J connectivity index is 2.56. The molecule has 6 heteroatoms. The second kappa shape index (κ2) is 4.86. The summed E-state index contributed by atoms with van der Waals surface area (Å²) in [6.45, 7) is -0.416. The van der Waals surface area contributed by atoms with Gasteiger partial charge in [-0.3, -0.25) is 0 Å². The summed E-state index contributed by atoms with van der Waals surface area (Å²) in [4.78, 5) is 0. The van der Waals surface area contributed by atoms with Crippen molar-refractivity contribution < 1.29 is 22.3 Å². The lowest BCUT2D eigenvalue weighted by Gasteiger charge is -2.09. The lowest BCUT2D eigenvalue weighted by Crippen LogP contribution is -2.17. The van der Waals surface area contributed by atoms with Gasteiger partial charge in [0.1, 0.15) is 12.4 Å². The zero-order valence-corrected chi connectivity index (χ0v) is 7.64. The third kappa shape index (κ3) is 4.53. The van der Waals surface area contributed by atoms with E-state index in [1.807, 2.05) is 0 Å². The molecule has 0 saturated heterocycles. The quantitative estimate of drug-likeness (QED) is 0.792. The van der Waals surface area contributed by atoms with Crippen LogP contribution in [0.25, 0.3) is 0 Å². The molecule has 0 aliphatic rings. The van der Waals surface area contributed by atoms with Gasteiger partial charge in [0.25, 0.3) is 0 Å². The molecule has 0 radical (unpaired) electrons. The highest BCUT2D eigenvalue weighted by Gasteiger charge is 2.30. The predicted octanol–water partition coefficient (Wildman–Crippen LogP) is 2.97. The number of nitrogens with one attached hydrogen (secondary N) is 1. The number of halogens is 4. The predicted molar refractivity (Wildman–Crippen MR) is 47.6 cm³/mol. The molecule has 1 rings (SSSR count). The van der Waals surface area contributed by atoms with Crippen LogP contribution in [0.1, 0.15) is 0 Å². The Morgan fingerprint density at radius 2 is 1.73 bits per heavy atom. The molecule has 0 aliphatic heterocycles. The molecule has 0 fully saturated rings. The summed E-state index contributed by atoms with van der Waals surface area (Å²) >= 11 is 0. The largest absolute Gasteiger partial charge is 0.573 e. The van der Waals surface area contributed by atoms with E-state index in [0.717, 1.165) is 12.1 Å². The Morgan fingerprint density at radius 3 is 2.20 bits per heavy atom. The smallest absolute Gasteiger partial charge is 0.406 e. The van der Waals surface area contributed by atoms with E-state index >= 15 is 0 Å². The van der Waals surface area contributed by atoms with E-state index in [-0.39, 0.29) is 12.3 Å². The van der Waals surface area contributed by atoms with Crippen LogP contribution in [0.3, 0.4) is 0 Å².